The molecule has 0 unspecified atom stereocenters. The molecule has 0 heterocycles. The van der Waals surface area contributed by atoms with E-state index in [2.05, 4.69) is 13.2 Å². The van der Waals surface area contributed by atoms with Crippen LogP contribution in [-0.4, -0.2) is 56.3 Å². The van der Waals surface area contributed by atoms with Gasteiger partial charge in [0.2, 0.25) is 0 Å². The molecule has 0 aromatic heterocycles. The van der Waals surface area contributed by atoms with Crippen molar-refractivity contribution < 1.29 is 57.1 Å². The Labute approximate surface area is 325 Å². The lowest BCUT2D eigenvalue weighted by atomic mass is 10.1. The average molecular weight is 765 g/mol. The minimum Gasteiger partial charge on any atom is -0.494 e. The molecule has 4 rings (SSSR count). The second-order valence-corrected chi connectivity index (χ2v) is 12.1. The van der Waals surface area contributed by atoms with E-state index in [0.29, 0.717) is 30.3 Å². The number of hydrogen-bond donors (Lipinski definition) is 0. The summed E-state index contributed by atoms with van der Waals surface area (Å²) in [5, 5.41) is 0. The van der Waals surface area contributed by atoms with Gasteiger partial charge >= 0.3 is 29.8 Å². The van der Waals surface area contributed by atoms with E-state index < -0.39 is 23.9 Å². The Bertz CT molecular complexity index is 1900. The Balaban J connectivity index is 1.07. The maximum absolute atomic E-state index is 12.7. The monoisotopic (exact) mass is 764 g/mol. The van der Waals surface area contributed by atoms with Crippen molar-refractivity contribution >= 4 is 29.8 Å². The molecule has 0 atom stereocenters. The van der Waals surface area contributed by atoms with E-state index >= 15 is 0 Å². The second kappa shape index (κ2) is 23.2. The molecule has 292 valence electrons. The maximum atomic E-state index is 12.7. The lowest BCUT2D eigenvalue weighted by Gasteiger charge is -2.10. The van der Waals surface area contributed by atoms with Crippen molar-refractivity contribution in [3.05, 3.63) is 139 Å². The Morgan fingerprint density at radius 1 is 0.375 bits per heavy atom. The molecule has 0 aliphatic carbocycles. The van der Waals surface area contributed by atoms with Crippen molar-refractivity contribution in [3.8, 4) is 28.7 Å². The minimum absolute atomic E-state index is 0.0223. The summed E-state index contributed by atoms with van der Waals surface area (Å²) in [5.41, 5.74) is 0.918. The average Bonchev–Trinajstić information content (AvgIpc) is 3.22. The second-order valence-electron chi connectivity index (χ2n) is 12.1. The number of carbonyl (C=O) groups is 5. The van der Waals surface area contributed by atoms with Crippen LogP contribution in [0.25, 0.3) is 0 Å². The summed E-state index contributed by atoms with van der Waals surface area (Å²) < 4.78 is 37.5. The van der Waals surface area contributed by atoms with E-state index in [-0.39, 0.29) is 47.6 Å². The molecule has 4 aromatic rings. The Kier molecular flexibility index (Phi) is 17.4. The molecule has 0 saturated heterocycles. The zero-order chi connectivity index (χ0) is 40.0. The summed E-state index contributed by atoms with van der Waals surface area (Å²) in [4.78, 5) is 59.9. The molecule has 0 fully saturated rings. The first-order valence-corrected chi connectivity index (χ1v) is 18.1. The van der Waals surface area contributed by atoms with Crippen LogP contribution >= 0.6 is 0 Å². The van der Waals surface area contributed by atoms with Crippen LogP contribution in [0, 0.1) is 0 Å². The molecule has 0 spiro atoms. The van der Waals surface area contributed by atoms with Crippen LogP contribution in [0.2, 0.25) is 0 Å². The number of benzene rings is 4. The van der Waals surface area contributed by atoms with Crippen molar-refractivity contribution in [3.63, 3.8) is 0 Å². The van der Waals surface area contributed by atoms with Crippen LogP contribution < -0.4 is 23.7 Å². The van der Waals surface area contributed by atoms with Gasteiger partial charge in [-0.25, -0.2) is 24.0 Å². The first-order valence-electron chi connectivity index (χ1n) is 18.1. The fourth-order valence-electron chi connectivity index (χ4n) is 4.99. The fraction of sp³-hybridized carbons (Fsp3) is 0.250. The van der Waals surface area contributed by atoms with Crippen molar-refractivity contribution in [1.29, 1.82) is 0 Å². The van der Waals surface area contributed by atoms with Crippen LogP contribution in [0.1, 0.15) is 76.0 Å². The number of unbranched alkanes of at least 4 members (excludes halogenated alkanes) is 6. The summed E-state index contributed by atoms with van der Waals surface area (Å²) in [7, 11) is 0. The van der Waals surface area contributed by atoms with Crippen molar-refractivity contribution in [1.82, 2.24) is 0 Å². The number of rotatable bonds is 23. The zero-order valence-corrected chi connectivity index (χ0v) is 31.0. The number of carbonyl (C=O) groups excluding carboxylic acids is 5. The molecular formula is C44H44O12. The van der Waals surface area contributed by atoms with Crippen molar-refractivity contribution in [2.24, 2.45) is 0 Å². The quantitative estimate of drug-likeness (QED) is 0.0309. The van der Waals surface area contributed by atoms with Gasteiger partial charge in [-0.1, -0.05) is 45.3 Å². The van der Waals surface area contributed by atoms with E-state index in [1.165, 1.54) is 54.6 Å². The highest BCUT2D eigenvalue weighted by atomic mass is 16.6. The van der Waals surface area contributed by atoms with Gasteiger partial charge in [0, 0.05) is 12.2 Å². The van der Waals surface area contributed by atoms with Crippen molar-refractivity contribution in [2.45, 2.75) is 44.9 Å². The van der Waals surface area contributed by atoms with Gasteiger partial charge in [-0.05, 0) is 110 Å². The highest BCUT2D eigenvalue weighted by molar-refractivity contribution is 5.92. The predicted molar refractivity (Wildman–Crippen MR) is 206 cm³/mol. The molecule has 0 N–H and O–H groups in total. The van der Waals surface area contributed by atoms with Gasteiger partial charge in [0.15, 0.2) is 0 Å². The lowest BCUT2D eigenvalue weighted by Crippen LogP contribution is -2.12. The number of hydrogen-bond acceptors (Lipinski definition) is 12. The van der Waals surface area contributed by atoms with Crippen LogP contribution in [-0.2, 0) is 19.1 Å². The Morgan fingerprint density at radius 2 is 0.750 bits per heavy atom. The highest BCUT2D eigenvalue weighted by Crippen LogP contribution is 2.22. The van der Waals surface area contributed by atoms with Crippen LogP contribution in [0.15, 0.2) is 122 Å². The molecule has 0 bridgehead atoms. The van der Waals surface area contributed by atoms with Gasteiger partial charge in [-0.3, -0.25) is 0 Å². The van der Waals surface area contributed by atoms with Crippen LogP contribution in [0.5, 0.6) is 28.7 Å². The molecule has 0 aliphatic rings. The van der Waals surface area contributed by atoms with Crippen LogP contribution in [0.4, 0.5) is 0 Å². The minimum atomic E-state index is -0.626. The van der Waals surface area contributed by atoms with Gasteiger partial charge in [0.05, 0.1) is 29.9 Å². The summed E-state index contributed by atoms with van der Waals surface area (Å²) in [6, 6.07) is 24.9. The third kappa shape index (κ3) is 15.0. The van der Waals surface area contributed by atoms with E-state index in [1.807, 2.05) is 0 Å². The third-order valence-corrected chi connectivity index (χ3v) is 7.95. The topological polar surface area (TPSA) is 150 Å². The van der Waals surface area contributed by atoms with Gasteiger partial charge in [-0.15, -0.1) is 0 Å². The summed E-state index contributed by atoms with van der Waals surface area (Å²) in [5.74, 6) is -0.816. The largest absolute Gasteiger partial charge is 0.494 e. The molecule has 0 amide bonds. The molecule has 0 radical (unpaired) electrons. The molecule has 0 aliphatic heterocycles. The fourth-order valence-corrected chi connectivity index (χ4v) is 4.99. The maximum Gasteiger partial charge on any atom is 0.343 e. The Hall–Kier alpha value is -6.69. The molecule has 56 heavy (non-hydrogen) atoms. The zero-order valence-electron chi connectivity index (χ0n) is 31.0. The van der Waals surface area contributed by atoms with Crippen molar-refractivity contribution in [2.75, 3.05) is 26.4 Å². The summed E-state index contributed by atoms with van der Waals surface area (Å²) in [6.45, 7) is 7.86. The van der Waals surface area contributed by atoms with E-state index in [4.69, 9.17) is 33.2 Å². The van der Waals surface area contributed by atoms with E-state index in [0.717, 1.165) is 51.0 Å². The first kappa shape index (κ1) is 42.1. The Morgan fingerprint density at radius 3 is 1.23 bits per heavy atom. The first-order chi connectivity index (χ1) is 27.2. The number of ether oxygens (including phenoxy) is 7. The summed E-state index contributed by atoms with van der Waals surface area (Å²) in [6.07, 6.45) is 9.44. The smallest absolute Gasteiger partial charge is 0.343 e. The third-order valence-electron chi connectivity index (χ3n) is 7.95. The molecule has 4 aromatic carbocycles. The summed E-state index contributed by atoms with van der Waals surface area (Å²) >= 11 is 0. The molecule has 0 saturated carbocycles. The van der Waals surface area contributed by atoms with Gasteiger partial charge in [-0.2, -0.15) is 0 Å². The highest BCUT2D eigenvalue weighted by Gasteiger charge is 2.13. The SMILES string of the molecule is C=CC(=O)OCCCCCCCCCOc1ccc(C(=O)OCCOc2ccc(C(=O)Oc3ccc(OC(=O)c4ccc(OC(=O)C=C)cc4)cc3)cc2)cc1. The standard InChI is InChI=1S/C44H44O12/c1-3-40(45)52-29-11-9-7-5-6-8-10-28-50-35-18-12-32(13-19-35)42(47)53-31-30-51-36-20-14-33(15-21-36)43(48)55-38-24-26-39(27-25-38)56-44(49)34-16-22-37(23-17-34)54-41(46)4-2/h3-4,12-27H,1-2,5-11,28-31H2. The van der Waals surface area contributed by atoms with Gasteiger partial charge in [0.25, 0.3) is 0 Å². The predicted octanol–water partition coefficient (Wildman–Crippen LogP) is 8.29. The molecule has 12 heteroatoms. The van der Waals surface area contributed by atoms with Gasteiger partial charge in [0.1, 0.15) is 42.0 Å². The molecule has 12 nitrogen and oxygen atoms in total. The number of esters is 5. The van der Waals surface area contributed by atoms with Crippen LogP contribution in [0.3, 0.4) is 0 Å². The lowest BCUT2D eigenvalue weighted by molar-refractivity contribution is -0.137. The van der Waals surface area contributed by atoms with E-state index in [1.54, 1.807) is 48.5 Å². The van der Waals surface area contributed by atoms with Gasteiger partial charge < -0.3 is 33.2 Å². The molecular weight excluding hydrogens is 720 g/mol. The van der Waals surface area contributed by atoms with E-state index in [9.17, 15) is 24.0 Å². The normalized spacial score (nSPS) is 10.4.